The fourth-order valence-corrected chi connectivity index (χ4v) is 3.39. The van der Waals surface area contributed by atoms with Crippen LogP contribution < -0.4 is 16.2 Å². The first-order valence-corrected chi connectivity index (χ1v) is 10.3. The summed E-state index contributed by atoms with van der Waals surface area (Å²) in [5, 5.41) is 15.0. The highest BCUT2D eigenvalue weighted by molar-refractivity contribution is 6.32. The molecule has 166 valence electrons. The maximum absolute atomic E-state index is 13.0. The second-order valence-electron chi connectivity index (χ2n) is 7.07. The number of benzene rings is 2. The predicted molar refractivity (Wildman–Crippen MR) is 119 cm³/mol. The zero-order valence-electron chi connectivity index (χ0n) is 17.1. The van der Waals surface area contributed by atoms with Crippen LogP contribution in [0.3, 0.4) is 0 Å². The summed E-state index contributed by atoms with van der Waals surface area (Å²) in [5.74, 6) is -0.265. The van der Waals surface area contributed by atoms with Crippen LogP contribution in [0, 0.1) is 17.3 Å². The van der Waals surface area contributed by atoms with Crippen molar-refractivity contribution in [2.75, 3.05) is 18.8 Å². The van der Waals surface area contributed by atoms with E-state index < -0.39 is 11.7 Å². The van der Waals surface area contributed by atoms with E-state index in [2.05, 4.69) is 16.4 Å². The molecule has 0 atom stereocenters. The molecule has 2 heterocycles. The van der Waals surface area contributed by atoms with Gasteiger partial charge in [0.15, 0.2) is 12.0 Å². The number of nitrogens with one attached hydrogen (secondary N) is 1. The van der Waals surface area contributed by atoms with Gasteiger partial charge in [0.1, 0.15) is 22.9 Å². The number of likely N-dealkylation sites (tertiary alicyclic amines) is 1. The van der Waals surface area contributed by atoms with Crippen molar-refractivity contribution in [1.29, 1.82) is 5.26 Å². The highest BCUT2D eigenvalue weighted by Gasteiger charge is 2.17. The molecular formula is C22H22ClFN6O2. The third kappa shape index (κ3) is 5.68. The number of nitrogens with zero attached hydrogens (tertiary/aromatic N) is 3. The first-order chi connectivity index (χ1) is 15.4. The molecule has 32 heavy (non-hydrogen) atoms. The molecule has 0 unspecified atom stereocenters. The molecule has 0 saturated carbocycles. The molecule has 5 N–H and O–H groups in total. The summed E-state index contributed by atoms with van der Waals surface area (Å²) < 4.78 is 18.6. The lowest BCUT2D eigenvalue weighted by molar-refractivity contribution is 0.100. The summed E-state index contributed by atoms with van der Waals surface area (Å²) in [4.78, 5) is 13.3. The van der Waals surface area contributed by atoms with Crippen molar-refractivity contribution in [2.45, 2.75) is 19.3 Å². The zero-order valence-corrected chi connectivity index (χ0v) is 17.9. The Kier molecular flexibility index (Phi) is 7.52. The number of aromatic nitrogens is 2. The molecule has 1 aliphatic heterocycles. The number of nitrogens with two attached hydrogens (primary N) is 2. The highest BCUT2D eigenvalue weighted by Crippen LogP contribution is 2.32. The van der Waals surface area contributed by atoms with Crippen LogP contribution in [0.25, 0.3) is 11.3 Å². The second kappa shape index (κ2) is 10.5. The molecule has 0 bridgehead atoms. The van der Waals surface area contributed by atoms with E-state index >= 15 is 0 Å². The summed E-state index contributed by atoms with van der Waals surface area (Å²) >= 11 is 5.92. The molecule has 0 spiro atoms. The number of nitrogen functional groups attached to an aromatic ring is 1. The van der Waals surface area contributed by atoms with Crippen molar-refractivity contribution >= 4 is 23.3 Å². The third-order valence-corrected chi connectivity index (χ3v) is 5.10. The fourth-order valence-electron chi connectivity index (χ4n) is 3.18. The van der Waals surface area contributed by atoms with Gasteiger partial charge in [-0.25, -0.2) is 4.39 Å². The van der Waals surface area contributed by atoms with Gasteiger partial charge in [0.2, 0.25) is 0 Å². The van der Waals surface area contributed by atoms with E-state index in [4.69, 9.17) is 33.1 Å². The Hall–Kier alpha value is -3.77. The number of anilines is 1. The smallest absolute Gasteiger partial charge is 0.254 e. The van der Waals surface area contributed by atoms with Gasteiger partial charge in [0.05, 0.1) is 10.7 Å². The number of nitriles is 1. The van der Waals surface area contributed by atoms with Crippen LogP contribution in [0.15, 0.2) is 42.5 Å². The molecule has 1 aliphatic rings. The van der Waals surface area contributed by atoms with Gasteiger partial charge in [-0.15, -0.1) is 0 Å². The number of piperidine rings is 1. The lowest BCUT2D eigenvalue weighted by atomic mass is 10.1. The molecule has 1 saturated heterocycles. The number of ether oxygens (including phenoxy) is 1. The molecule has 2 aromatic carbocycles. The van der Waals surface area contributed by atoms with Crippen LogP contribution in [0.5, 0.6) is 11.5 Å². The summed E-state index contributed by atoms with van der Waals surface area (Å²) in [6.45, 7) is 1.97. The van der Waals surface area contributed by atoms with Crippen LogP contribution in [-0.2, 0) is 0 Å². The van der Waals surface area contributed by atoms with Crippen LogP contribution in [0.1, 0.15) is 29.6 Å². The van der Waals surface area contributed by atoms with Crippen molar-refractivity contribution in [3.63, 3.8) is 0 Å². The molecule has 0 aliphatic carbocycles. The minimum atomic E-state index is -0.672. The second-order valence-corrected chi connectivity index (χ2v) is 7.48. The Morgan fingerprint density at radius 2 is 1.88 bits per heavy atom. The molecular weight excluding hydrogens is 435 g/mol. The quantitative estimate of drug-likeness (QED) is 0.501. The first kappa shape index (κ1) is 22.9. The first-order valence-electron chi connectivity index (χ1n) is 9.90. The van der Waals surface area contributed by atoms with E-state index in [9.17, 15) is 9.18 Å². The van der Waals surface area contributed by atoms with Gasteiger partial charge in [0.25, 0.3) is 5.91 Å². The Bertz CT molecular complexity index is 1120. The van der Waals surface area contributed by atoms with E-state index in [1.165, 1.54) is 31.4 Å². The molecule has 1 aromatic heterocycles. The zero-order chi connectivity index (χ0) is 23.1. The number of carbonyl (C=O) groups is 1. The van der Waals surface area contributed by atoms with E-state index in [1.807, 2.05) is 4.90 Å². The Morgan fingerprint density at radius 1 is 1.19 bits per heavy atom. The molecule has 0 radical (unpaired) electrons. The molecule has 1 fully saturated rings. The number of carbonyl (C=O) groups excluding carboxylic acids is 1. The summed E-state index contributed by atoms with van der Waals surface area (Å²) in [6.07, 6.45) is 5.84. The van der Waals surface area contributed by atoms with Gasteiger partial charge < -0.3 is 21.1 Å². The average molecular weight is 457 g/mol. The SMILES string of the molecule is N#CN1CCCCC1.NC(=O)c1c(N)n[nH]c1-c1ccc(Oc2ccc(F)cc2Cl)cc1. The standard InChI is InChI=1S/C16H12ClFN4O2.C6H10N2/c17-11-7-9(18)3-6-12(11)24-10-4-1-8(2-5-10)14-13(16(20)23)15(19)22-21-14;7-6-8-4-2-1-3-5-8/h1-7H,(H2,20,23)(H3,19,21,22);1-5H2. The van der Waals surface area contributed by atoms with Gasteiger partial charge in [-0.2, -0.15) is 10.4 Å². The monoisotopic (exact) mass is 456 g/mol. The van der Waals surface area contributed by atoms with Crippen LogP contribution in [0.2, 0.25) is 5.02 Å². The van der Waals surface area contributed by atoms with Crippen molar-refractivity contribution < 1.29 is 13.9 Å². The van der Waals surface area contributed by atoms with Gasteiger partial charge >= 0.3 is 0 Å². The topological polar surface area (TPSA) is 134 Å². The van der Waals surface area contributed by atoms with Crippen molar-refractivity contribution in [1.82, 2.24) is 15.1 Å². The Balaban J connectivity index is 0.000000305. The van der Waals surface area contributed by atoms with E-state index in [-0.39, 0.29) is 16.4 Å². The van der Waals surface area contributed by atoms with E-state index in [1.54, 1.807) is 24.3 Å². The summed E-state index contributed by atoms with van der Waals surface area (Å²) in [7, 11) is 0. The number of H-pyrrole nitrogens is 1. The molecule has 3 aromatic rings. The van der Waals surface area contributed by atoms with Crippen molar-refractivity contribution in [3.8, 4) is 28.9 Å². The van der Waals surface area contributed by atoms with Crippen LogP contribution >= 0.6 is 11.6 Å². The molecule has 10 heteroatoms. The van der Waals surface area contributed by atoms with Crippen LogP contribution in [-0.4, -0.2) is 34.1 Å². The number of aromatic amines is 1. The van der Waals surface area contributed by atoms with Crippen molar-refractivity contribution in [2.24, 2.45) is 5.73 Å². The number of primary amides is 1. The number of hydrogen-bond donors (Lipinski definition) is 3. The van der Waals surface area contributed by atoms with Crippen LogP contribution in [0.4, 0.5) is 10.2 Å². The number of hydrogen-bond acceptors (Lipinski definition) is 6. The lowest BCUT2D eigenvalue weighted by Crippen LogP contribution is -2.24. The highest BCUT2D eigenvalue weighted by atomic mass is 35.5. The summed E-state index contributed by atoms with van der Waals surface area (Å²) in [6, 6.07) is 10.6. The molecule has 8 nitrogen and oxygen atoms in total. The van der Waals surface area contributed by atoms with Gasteiger partial charge in [-0.1, -0.05) is 11.6 Å². The number of halogens is 2. The van der Waals surface area contributed by atoms with E-state index in [0.29, 0.717) is 22.8 Å². The average Bonchev–Trinajstić information content (AvgIpc) is 3.19. The Morgan fingerprint density at radius 3 is 2.44 bits per heavy atom. The number of amides is 1. The molecule has 1 amide bonds. The lowest BCUT2D eigenvalue weighted by Gasteiger charge is -2.19. The minimum Gasteiger partial charge on any atom is -0.456 e. The minimum absolute atomic E-state index is 0.0379. The van der Waals surface area contributed by atoms with E-state index in [0.717, 1.165) is 19.2 Å². The largest absolute Gasteiger partial charge is 0.456 e. The number of rotatable bonds is 4. The van der Waals surface area contributed by atoms with Gasteiger partial charge in [0, 0.05) is 18.7 Å². The van der Waals surface area contributed by atoms with Gasteiger partial charge in [-0.3, -0.25) is 9.89 Å². The van der Waals surface area contributed by atoms with Crippen molar-refractivity contribution in [3.05, 3.63) is 58.9 Å². The third-order valence-electron chi connectivity index (χ3n) is 4.80. The van der Waals surface area contributed by atoms with Gasteiger partial charge in [-0.05, 0) is 61.7 Å². The predicted octanol–water partition coefficient (Wildman–Crippen LogP) is 4.30. The fraction of sp³-hybridized carbons (Fsp3) is 0.227. The summed E-state index contributed by atoms with van der Waals surface area (Å²) in [5.41, 5.74) is 12.1. The maximum Gasteiger partial charge on any atom is 0.254 e. The maximum atomic E-state index is 13.0. The molecule has 4 rings (SSSR count). The Labute approximate surface area is 189 Å². The normalized spacial score (nSPS) is 13.0.